The molecule has 0 atom stereocenters. The topological polar surface area (TPSA) is 16.8 Å². The van der Waals surface area contributed by atoms with Crippen LogP contribution in [0.3, 0.4) is 0 Å². The lowest BCUT2D eigenvalue weighted by Crippen LogP contribution is -2.75. The lowest BCUT2D eigenvalue weighted by Gasteiger charge is -2.46. The van der Waals surface area contributed by atoms with Crippen LogP contribution in [0.5, 0.6) is 0 Å². The SMILES string of the molecule is Cc1ccc(C)c(-c2cncc[n+]2Cc2ccccc2)c1.FC(F)(F)c1cc([B-](c2cc(C(F)(F)F)cc(C(F)(F)F)c2)(c2cc(C(F)(F)F)cc(C(F)(F)F)c2)c2cc(C(F)(F)F)cc(C(F)(F)F)c2)cc(C(F)(F)F)c1. The Morgan fingerprint density at radius 3 is 0.949 bits per heavy atom. The van der Waals surface area contributed by atoms with Gasteiger partial charge < -0.3 is 0 Å². The summed E-state index contributed by atoms with van der Waals surface area (Å²) in [6, 6.07) is 8.25. The van der Waals surface area contributed by atoms with Gasteiger partial charge in [0.1, 0.15) is 6.15 Å². The van der Waals surface area contributed by atoms with Crippen molar-refractivity contribution in [2.24, 2.45) is 0 Å². The smallest absolute Gasteiger partial charge is 0.252 e. The van der Waals surface area contributed by atoms with Gasteiger partial charge in [-0.05, 0) is 49.7 Å². The Morgan fingerprint density at radius 1 is 0.372 bits per heavy atom. The molecule has 0 unspecified atom stereocenters. The highest BCUT2D eigenvalue weighted by atomic mass is 19.4. The van der Waals surface area contributed by atoms with E-state index in [0.717, 1.165) is 12.2 Å². The molecule has 0 aliphatic heterocycles. The minimum atomic E-state index is -6.13. The highest BCUT2D eigenvalue weighted by Crippen LogP contribution is 2.41. The minimum Gasteiger partial charge on any atom is -0.252 e. The van der Waals surface area contributed by atoms with Gasteiger partial charge in [0.25, 0.3) is 0 Å². The van der Waals surface area contributed by atoms with Crippen LogP contribution in [0.15, 0.2) is 140 Å². The van der Waals surface area contributed by atoms with Gasteiger partial charge in [0.2, 0.25) is 5.69 Å². The first-order valence-electron chi connectivity index (χ1n) is 21.8. The van der Waals surface area contributed by atoms with E-state index in [4.69, 9.17) is 0 Å². The van der Waals surface area contributed by atoms with Crippen LogP contribution in [0, 0.1) is 13.8 Å². The maximum atomic E-state index is 14.2. The number of aryl methyl sites for hydroxylation is 2. The monoisotopic (exact) mass is 1140 g/mol. The molecule has 1 heterocycles. The van der Waals surface area contributed by atoms with Crippen molar-refractivity contribution in [1.82, 2.24) is 4.98 Å². The third-order valence-corrected chi connectivity index (χ3v) is 12.1. The van der Waals surface area contributed by atoms with Crippen LogP contribution in [0.1, 0.15) is 61.2 Å². The normalized spacial score (nSPS) is 13.3. The van der Waals surface area contributed by atoms with Crippen molar-refractivity contribution >= 4 is 28.0 Å². The summed E-state index contributed by atoms with van der Waals surface area (Å²) >= 11 is 0. The molecular weight excluding hydrogens is 1110 g/mol. The van der Waals surface area contributed by atoms with Crippen molar-refractivity contribution < 1.29 is 110 Å². The van der Waals surface area contributed by atoms with Gasteiger partial charge in [0.05, 0.1) is 62.5 Å². The summed E-state index contributed by atoms with van der Waals surface area (Å²) in [5.74, 6) is 0. The van der Waals surface area contributed by atoms with Crippen molar-refractivity contribution in [3.05, 3.63) is 201 Å². The van der Waals surface area contributed by atoms with Crippen LogP contribution in [0.25, 0.3) is 11.3 Å². The van der Waals surface area contributed by atoms with E-state index < -0.39 is 195 Å². The number of alkyl halides is 24. The summed E-state index contributed by atoms with van der Waals surface area (Å²) in [6.07, 6.45) is -49.0. The maximum absolute atomic E-state index is 14.2. The van der Waals surface area contributed by atoms with Gasteiger partial charge in [-0.15, -0.1) is 0 Å². The van der Waals surface area contributed by atoms with Gasteiger partial charge in [-0.25, -0.2) is 0 Å². The van der Waals surface area contributed by atoms with E-state index in [-0.39, 0.29) is 0 Å². The van der Waals surface area contributed by atoms with Crippen molar-refractivity contribution in [3.63, 3.8) is 0 Å². The van der Waals surface area contributed by atoms with Gasteiger partial charge in [0, 0.05) is 5.56 Å². The van der Waals surface area contributed by atoms with Crippen LogP contribution in [-0.2, 0) is 56.0 Å². The van der Waals surface area contributed by atoms with E-state index in [9.17, 15) is 105 Å². The summed E-state index contributed by atoms with van der Waals surface area (Å²) in [5, 5.41) is 0. The number of halogens is 24. The van der Waals surface area contributed by atoms with E-state index in [0.29, 0.717) is 0 Å². The molecule has 2 nitrogen and oxygen atoms in total. The lowest BCUT2D eigenvalue weighted by molar-refractivity contribution is -0.678. The molecule has 1 aromatic heterocycles. The van der Waals surface area contributed by atoms with Crippen molar-refractivity contribution in [2.75, 3.05) is 0 Å². The van der Waals surface area contributed by atoms with Crippen molar-refractivity contribution in [3.8, 4) is 11.3 Å². The average molecular weight is 1140 g/mol. The molecule has 0 saturated carbocycles. The Balaban J connectivity index is 0.000000387. The molecule has 0 aliphatic carbocycles. The van der Waals surface area contributed by atoms with Gasteiger partial charge >= 0.3 is 49.4 Å². The summed E-state index contributed by atoms with van der Waals surface area (Å²) in [4.78, 5) is 4.31. The van der Waals surface area contributed by atoms with Gasteiger partial charge in [-0.2, -0.15) is 132 Å². The Kier molecular flexibility index (Phi) is 16.1. The fourth-order valence-electron chi connectivity index (χ4n) is 8.61. The van der Waals surface area contributed by atoms with E-state index in [2.05, 4.69) is 65.9 Å². The van der Waals surface area contributed by atoms with E-state index in [1.807, 2.05) is 24.7 Å². The van der Waals surface area contributed by atoms with Gasteiger partial charge in [-0.3, -0.25) is 4.98 Å². The molecule has 0 saturated heterocycles. The molecule has 0 spiro atoms. The van der Waals surface area contributed by atoms with Crippen LogP contribution < -0.4 is 26.4 Å². The molecule has 0 bridgehead atoms. The van der Waals surface area contributed by atoms with Crippen LogP contribution in [0.4, 0.5) is 105 Å². The maximum Gasteiger partial charge on any atom is 0.416 e. The standard InChI is InChI=1S/C32H12BF24.C19H19N2/c34-25(35,36)13-1-14(26(37,38)39)6-21(5-13)33(22-7-15(27(40,41)42)2-16(8-22)28(43,44)45,23-9-17(29(46,47)48)3-18(10-23)30(49,50)51)24-11-19(31(52,53)54)4-20(12-24)32(55,56)57;1-15-8-9-16(2)18(12-15)19-13-20-10-11-21(19)14-17-6-4-3-5-7-17/h1-12H;3-13H,14H2,1-2H3/q-1;+1. The number of rotatable bonds is 7. The van der Waals surface area contributed by atoms with E-state index in [1.165, 1.54) is 22.3 Å². The molecule has 0 aliphatic rings. The first-order chi connectivity index (χ1) is 35.5. The van der Waals surface area contributed by atoms with Gasteiger partial charge in [-0.1, -0.05) is 96.6 Å². The predicted molar refractivity (Wildman–Crippen MR) is 235 cm³/mol. The van der Waals surface area contributed by atoms with Crippen molar-refractivity contribution in [2.45, 2.75) is 69.8 Å². The quantitative estimate of drug-likeness (QED) is 0.0883. The molecule has 0 radical (unpaired) electrons. The number of hydrogen-bond donors (Lipinski definition) is 0. The second-order valence-corrected chi connectivity index (χ2v) is 17.6. The van der Waals surface area contributed by atoms with Crippen molar-refractivity contribution in [1.29, 1.82) is 0 Å². The zero-order valence-corrected chi connectivity index (χ0v) is 39.0. The van der Waals surface area contributed by atoms with E-state index >= 15 is 0 Å². The molecule has 27 heteroatoms. The lowest BCUT2D eigenvalue weighted by atomic mass is 9.12. The highest BCUT2D eigenvalue weighted by Gasteiger charge is 2.47. The summed E-state index contributed by atoms with van der Waals surface area (Å²) in [5.41, 5.74) is -24.0. The Hall–Kier alpha value is -7.22. The third-order valence-electron chi connectivity index (χ3n) is 12.1. The Morgan fingerprint density at radius 2 is 0.667 bits per heavy atom. The Labute approximate surface area is 424 Å². The molecular formula is C51H31BF24N2. The fourth-order valence-corrected chi connectivity index (χ4v) is 8.61. The number of hydrogen-bond acceptors (Lipinski definition) is 1. The average Bonchev–Trinajstić information content (AvgIpc) is 3.31. The van der Waals surface area contributed by atoms with Gasteiger partial charge in [0.15, 0.2) is 12.7 Å². The van der Waals surface area contributed by atoms with E-state index in [1.54, 1.807) is 0 Å². The number of benzene rings is 6. The number of nitrogens with zero attached hydrogens (tertiary/aromatic N) is 2. The molecule has 78 heavy (non-hydrogen) atoms. The first-order valence-corrected chi connectivity index (χ1v) is 21.8. The molecule has 7 rings (SSSR count). The second-order valence-electron chi connectivity index (χ2n) is 17.6. The summed E-state index contributed by atoms with van der Waals surface area (Å²) in [6.45, 7) is 5.13. The molecule has 0 N–H and O–H groups in total. The minimum absolute atomic E-state index is 0.691. The number of aromatic nitrogens is 2. The second kappa shape index (κ2) is 20.9. The molecule has 6 aromatic carbocycles. The zero-order valence-electron chi connectivity index (χ0n) is 39.0. The van der Waals surface area contributed by atoms with Crippen LogP contribution in [0.2, 0.25) is 0 Å². The summed E-state index contributed by atoms with van der Waals surface area (Å²) < 4.78 is 343. The van der Waals surface area contributed by atoms with Crippen LogP contribution in [-0.4, -0.2) is 11.1 Å². The Bertz CT molecular complexity index is 2850. The molecule has 416 valence electrons. The third kappa shape index (κ3) is 13.5. The molecule has 0 fully saturated rings. The fraction of sp³-hybridized carbons (Fsp3) is 0.216. The van der Waals surface area contributed by atoms with Crippen LogP contribution >= 0.6 is 0 Å². The predicted octanol–water partition coefficient (Wildman–Crippen LogP) is 14.9. The molecule has 7 aromatic rings. The zero-order chi connectivity index (χ0) is 58.6. The first kappa shape index (κ1) is 60.0. The highest BCUT2D eigenvalue weighted by molar-refractivity contribution is 7.20. The molecule has 0 amide bonds. The summed E-state index contributed by atoms with van der Waals surface area (Å²) in [7, 11) is 0. The largest absolute Gasteiger partial charge is 0.416 e.